The summed E-state index contributed by atoms with van der Waals surface area (Å²) < 4.78 is 5.83. The molecular formula is C20H37IN6O2. The molecule has 0 radical (unpaired) electrons. The minimum absolute atomic E-state index is 0. The number of nitrogens with one attached hydrogen (secondary N) is 2. The van der Waals surface area contributed by atoms with E-state index in [1.54, 1.807) is 25.2 Å². The monoisotopic (exact) mass is 520 g/mol. The SMILES string of the molecule is CCN1CCCC1CNC(=NCC(=O)N(C)C)NCc1ncc(C(C)(C)C)o1.I. The molecule has 2 rings (SSSR count). The van der Waals surface area contributed by atoms with E-state index in [9.17, 15) is 4.79 Å². The number of amides is 1. The van der Waals surface area contributed by atoms with Crippen molar-refractivity contribution < 1.29 is 9.21 Å². The maximum absolute atomic E-state index is 11.9. The third-order valence-corrected chi connectivity index (χ3v) is 4.98. The van der Waals surface area contributed by atoms with Crippen LogP contribution in [0.25, 0.3) is 0 Å². The highest BCUT2D eigenvalue weighted by Crippen LogP contribution is 2.22. The first kappa shape index (κ1) is 25.7. The lowest BCUT2D eigenvalue weighted by Crippen LogP contribution is -2.45. The number of carbonyl (C=O) groups is 1. The molecule has 9 heteroatoms. The number of hydrogen-bond acceptors (Lipinski definition) is 5. The summed E-state index contributed by atoms with van der Waals surface area (Å²) in [6.07, 6.45) is 4.18. The number of nitrogens with zero attached hydrogens (tertiary/aromatic N) is 4. The summed E-state index contributed by atoms with van der Waals surface area (Å²) >= 11 is 0. The first-order valence-electron chi connectivity index (χ1n) is 10.1. The van der Waals surface area contributed by atoms with E-state index in [1.165, 1.54) is 12.8 Å². The number of guanidine groups is 1. The Hall–Kier alpha value is -1.36. The zero-order chi connectivity index (χ0) is 20.7. The van der Waals surface area contributed by atoms with Crippen LogP contribution < -0.4 is 10.6 Å². The number of aromatic nitrogens is 1. The maximum atomic E-state index is 11.9. The third-order valence-electron chi connectivity index (χ3n) is 4.98. The topological polar surface area (TPSA) is 86.0 Å². The smallest absolute Gasteiger partial charge is 0.243 e. The summed E-state index contributed by atoms with van der Waals surface area (Å²) in [6, 6.07) is 0.496. The molecule has 0 spiro atoms. The number of likely N-dealkylation sites (tertiary alicyclic amines) is 1. The molecule has 1 atom stereocenters. The second-order valence-electron chi connectivity index (χ2n) is 8.48. The van der Waals surface area contributed by atoms with Crippen LogP contribution in [-0.2, 0) is 16.8 Å². The summed E-state index contributed by atoms with van der Waals surface area (Å²) in [5.41, 5.74) is -0.0787. The fourth-order valence-electron chi connectivity index (χ4n) is 3.12. The van der Waals surface area contributed by atoms with Crippen LogP contribution in [0, 0.1) is 0 Å². The van der Waals surface area contributed by atoms with Crippen LogP contribution >= 0.6 is 24.0 Å². The van der Waals surface area contributed by atoms with E-state index in [2.05, 4.69) is 53.2 Å². The predicted octanol–water partition coefficient (Wildman–Crippen LogP) is 2.20. The average Bonchev–Trinajstić information content (AvgIpc) is 3.29. The fraction of sp³-hybridized carbons (Fsp3) is 0.750. The number of oxazole rings is 1. The average molecular weight is 520 g/mol. The zero-order valence-electron chi connectivity index (χ0n) is 18.6. The van der Waals surface area contributed by atoms with Crippen molar-refractivity contribution in [1.82, 2.24) is 25.4 Å². The van der Waals surface area contributed by atoms with Gasteiger partial charge in [0.2, 0.25) is 11.8 Å². The summed E-state index contributed by atoms with van der Waals surface area (Å²) in [4.78, 5) is 24.7. The molecular weight excluding hydrogens is 483 g/mol. The van der Waals surface area contributed by atoms with Crippen molar-refractivity contribution in [2.75, 3.05) is 40.3 Å². The molecule has 2 N–H and O–H groups in total. The largest absolute Gasteiger partial charge is 0.443 e. The lowest BCUT2D eigenvalue weighted by atomic mass is 9.94. The Kier molecular flexibility index (Phi) is 10.4. The summed E-state index contributed by atoms with van der Waals surface area (Å²) in [5.74, 6) is 2.02. The molecule has 29 heavy (non-hydrogen) atoms. The Morgan fingerprint density at radius 2 is 2.10 bits per heavy atom. The van der Waals surface area contributed by atoms with Gasteiger partial charge in [-0.05, 0) is 25.9 Å². The van der Waals surface area contributed by atoms with Gasteiger partial charge in [-0.3, -0.25) is 9.69 Å². The van der Waals surface area contributed by atoms with Crippen molar-refractivity contribution in [3.05, 3.63) is 17.8 Å². The number of rotatable bonds is 7. The van der Waals surface area contributed by atoms with Crippen molar-refractivity contribution in [3.63, 3.8) is 0 Å². The van der Waals surface area contributed by atoms with E-state index in [-0.39, 0.29) is 41.8 Å². The minimum atomic E-state index is -0.0787. The highest BCUT2D eigenvalue weighted by molar-refractivity contribution is 14.0. The molecule has 1 aliphatic heterocycles. The van der Waals surface area contributed by atoms with Gasteiger partial charge in [0.25, 0.3) is 0 Å². The third kappa shape index (κ3) is 8.12. The molecule has 8 nitrogen and oxygen atoms in total. The molecule has 166 valence electrons. The molecule has 0 bridgehead atoms. The molecule has 1 saturated heterocycles. The van der Waals surface area contributed by atoms with Crippen LogP contribution in [0.3, 0.4) is 0 Å². The van der Waals surface area contributed by atoms with Crippen LogP contribution in [0.15, 0.2) is 15.6 Å². The van der Waals surface area contributed by atoms with Crippen LogP contribution in [0.2, 0.25) is 0 Å². The minimum Gasteiger partial charge on any atom is -0.443 e. The van der Waals surface area contributed by atoms with Gasteiger partial charge in [0.1, 0.15) is 12.3 Å². The summed E-state index contributed by atoms with van der Waals surface area (Å²) in [6.45, 7) is 12.0. The summed E-state index contributed by atoms with van der Waals surface area (Å²) in [5, 5.41) is 6.63. The van der Waals surface area contributed by atoms with Crippen LogP contribution in [0.5, 0.6) is 0 Å². The maximum Gasteiger partial charge on any atom is 0.243 e. The molecule has 1 amide bonds. The number of aliphatic imine (C=N–C) groups is 1. The molecule has 1 aliphatic rings. The second-order valence-corrected chi connectivity index (χ2v) is 8.48. The molecule has 0 aliphatic carbocycles. The van der Waals surface area contributed by atoms with E-state index in [0.717, 1.165) is 25.4 Å². The molecule has 1 aromatic rings. The van der Waals surface area contributed by atoms with E-state index in [4.69, 9.17) is 4.42 Å². The Morgan fingerprint density at radius 1 is 1.38 bits per heavy atom. The molecule has 1 aromatic heterocycles. The predicted molar refractivity (Wildman–Crippen MR) is 127 cm³/mol. The molecule has 0 aromatic carbocycles. The number of likely N-dealkylation sites (N-methyl/N-ethyl adjacent to an activating group) is 2. The fourth-order valence-corrected chi connectivity index (χ4v) is 3.12. The highest BCUT2D eigenvalue weighted by atomic mass is 127. The normalized spacial score (nSPS) is 17.7. The lowest BCUT2D eigenvalue weighted by Gasteiger charge is -2.24. The summed E-state index contributed by atoms with van der Waals surface area (Å²) in [7, 11) is 3.47. The van der Waals surface area contributed by atoms with Crippen molar-refractivity contribution >= 4 is 35.8 Å². The van der Waals surface area contributed by atoms with Gasteiger partial charge in [0, 0.05) is 32.1 Å². The Labute approximate surface area is 191 Å². The van der Waals surface area contributed by atoms with Gasteiger partial charge in [-0.1, -0.05) is 27.7 Å². The Balaban J connectivity index is 0.00000420. The quantitative estimate of drug-likeness (QED) is 0.326. The van der Waals surface area contributed by atoms with Crippen molar-refractivity contribution in [2.45, 2.75) is 58.5 Å². The van der Waals surface area contributed by atoms with E-state index in [0.29, 0.717) is 24.4 Å². The second kappa shape index (κ2) is 11.7. The van der Waals surface area contributed by atoms with E-state index >= 15 is 0 Å². The van der Waals surface area contributed by atoms with Crippen molar-refractivity contribution in [2.24, 2.45) is 4.99 Å². The molecule has 2 heterocycles. The van der Waals surface area contributed by atoms with Gasteiger partial charge in [-0.15, -0.1) is 24.0 Å². The number of carbonyl (C=O) groups excluding carboxylic acids is 1. The Bertz CT molecular complexity index is 668. The molecule has 1 unspecified atom stereocenters. The lowest BCUT2D eigenvalue weighted by molar-refractivity contribution is -0.127. The van der Waals surface area contributed by atoms with Gasteiger partial charge < -0.3 is 20.0 Å². The van der Waals surface area contributed by atoms with Crippen LogP contribution in [0.4, 0.5) is 0 Å². The van der Waals surface area contributed by atoms with Gasteiger partial charge >= 0.3 is 0 Å². The van der Waals surface area contributed by atoms with Gasteiger partial charge in [-0.2, -0.15) is 0 Å². The van der Waals surface area contributed by atoms with E-state index in [1.807, 2.05) is 0 Å². The first-order valence-corrected chi connectivity index (χ1v) is 10.1. The van der Waals surface area contributed by atoms with Crippen LogP contribution in [0.1, 0.15) is 52.2 Å². The van der Waals surface area contributed by atoms with Gasteiger partial charge in [-0.25, -0.2) is 9.98 Å². The first-order chi connectivity index (χ1) is 13.2. The van der Waals surface area contributed by atoms with E-state index < -0.39 is 0 Å². The Morgan fingerprint density at radius 3 is 2.69 bits per heavy atom. The number of hydrogen-bond donors (Lipinski definition) is 2. The van der Waals surface area contributed by atoms with Gasteiger partial charge in [0.15, 0.2) is 5.96 Å². The van der Waals surface area contributed by atoms with Crippen LogP contribution in [-0.4, -0.2) is 73.0 Å². The van der Waals surface area contributed by atoms with Gasteiger partial charge in [0.05, 0.1) is 12.7 Å². The van der Waals surface area contributed by atoms with Crippen molar-refractivity contribution in [1.29, 1.82) is 0 Å². The standard InChI is InChI=1S/C20H36N6O2.HI/c1-7-26-10-8-9-15(26)11-22-19(24-14-18(27)25(5)6)23-13-17-21-12-16(28-17)20(2,3)4;/h12,15H,7-11,13-14H2,1-6H3,(H2,22,23,24);1H. The zero-order valence-corrected chi connectivity index (χ0v) is 20.9. The number of halogens is 1. The molecule has 0 saturated carbocycles. The highest BCUT2D eigenvalue weighted by Gasteiger charge is 2.23. The molecule has 1 fully saturated rings. The van der Waals surface area contributed by atoms with Crippen molar-refractivity contribution in [3.8, 4) is 0 Å².